The number of carbonyl (C=O) groups excluding carboxylic acids is 1. The number of hydrogen-bond donors (Lipinski definition) is 1. The summed E-state index contributed by atoms with van der Waals surface area (Å²) in [5.74, 6) is 3.01. The molecule has 7 unspecified atom stereocenters. The van der Waals surface area contributed by atoms with Crippen LogP contribution in [0.2, 0.25) is 0 Å². The fourth-order valence-corrected chi connectivity index (χ4v) is 13.1. The van der Waals surface area contributed by atoms with Crippen LogP contribution in [0, 0.1) is 45.3 Å². The number of aliphatic hydroxyl groups is 1. The Morgan fingerprint density at radius 2 is 1.73 bits per heavy atom. The highest BCUT2D eigenvalue weighted by atomic mass is 16.7. The van der Waals surface area contributed by atoms with Crippen LogP contribution in [0.1, 0.15) is 121 Å². The summed E-state index contributed by atoms with van der Waals surface area (Å²) in [6, 6.07) is 0. The summed E-state index contributed by atoms with van der Waals surface area (Å²) in [6.45, 7) is 16.5. The van der Waals surface area contributed by atoms with Gasteiger partial charge in [0.05, 0.1) is 43.6 Å². The lowest BCUT2D eigenvalue weighted by Gasteiger charge is -2.60. The summed E-state index contributed by atoms with van der Waals surface area (Å²) >= 11 is 0. The van der Waals surface area contributed by atoms with Gasteiger partial charge in [0, 0.05) is 27.2 Å². The van der Waals surface area contributed by atoms with Crippen LogP contribution >= 0.6 is 0 Å². The van der Waals surface area contributed by atoms with Crippen LogP contribution in [0.3, 0.4) is 0 Å². The maximum absolute atomic E-state index is 12.4. The molecule has 278 valence electrons. The van der Waals surface area contributed by atoms with Gasteiger partial charge in [-0.3, -0.25) is 9.69 Å². The van der Waals surface area contributed by atoms with E-state index in [2.05, 4.69) is 25.7 Å². The number of nitrogens with zero attached hydrogens (tertiary/aromatic N) is 2. The van der Waals surface area contributed by atoms with E-state index < -0.39 is 5.60 Å². The van der Waals surface area contributed by atoms with Gasteiger partial charge in [0.15, 0.2) is 6.29 Å². The minimum atomic E-state index is -0.908. The monoisotopic (exact) mass is 677 g/mol. The third-order valence-corrected chi connectivity index (χ3v) is 15.2. The quantitative estimate of drug-likeness (QED) is 0.304. The normalized spacial score (nSPS) is 45.1. The van der Waals surface area contributed by atoms with Crippen molar-refractivity contribution in [3.63, 3.8) is 0 Å². The van der Waals surface area contributed by atoms with Crippen LogP contribution in [0.25, 0.3) is 0 Å². The molecule has 1 N–H and O–H groups in total. The second-order valence-corrected chi connectivity index (χ2v) is 18.3. The van der Waals surface area contributed by atoms with E-state index in [0.717, 1.165) is 31.2 Å². The Morgan fingerprint density at radius 1 is 1.00 bits per heavy atom. The molecule has 2 saturated heterocycles. The van der Waals surface area contributed by atoms with Gasteiger partial charge in [-0.1, -0.05) is 35.6 Å². The number of fused-ring (bicyclic) bond motifs is 4. The second-order valence-electron chi connectivity index (χ2n) is 18.3. The molecule has 7 fully saturated rings. The van der Waals surface area contributed by atoms with Gasteiger partial charge in [-0.15, -0.1) is 0 Å². The minimum absolute atomic E-state index is 0. The summed E-state index contributed by atoms with van der Waals surface area (Å²) < 4.78 is 26.1. The van der Waals surface area contributed by atoms with Gasteiger partial charge in [-0.05, 0) is 130 Å². The standard InChI is InChI=1S/C38H64N2O6.2CH4/c1-9-43-33(35(4,5)42)27-12-10-25-28(45-27)20-26-24-11-13-29-34(2,3)30(14-15-38(29)23-37(24,38)17-16-36(25,26)6)46-32-22-40(18-19-44-32)21-31(41)39(7)8;;/h24-30,32-33,42H,9-23H2,1-8H3;2*1H4/t24?,25?,26?,27?,28?,29?,30-,32?,33-,36+,37-,38+;;/m0../s1. The van der Waals surface area contributed by atoms with Gasteiger partial charge in [-0.2, -0.15) is 0 Å². The Balaban J connectivity index is 0.00000225. The summed E-state index contributed by atoms with van der Waals surface area (Å²) in [6.07, 6.45) is 12.5. The van der Waals surface area contributed by atoms with E-state index in [1.54, 1.807) is 4.90 Å². The van der Waals surface area contributed by atoms with Crippen LogP contribution in [-0.2, 0) is 23.7 Å². The smallest absolute Gasteiger partial charge is 0.236 e. The van der Waals surface area contributed by atoms with Gasteiger partial charge in [0.2, 0.25) is 5.91 Å². The van der Waals surface area contributed by atoms with E-state index in [-0.39, 0.29) is 50.8 Å². The SMILES string of the molecule is C.C.CCO[C@@H](C1CCC2C(CC3C4CCC5C(C)(C)[C@@H](OC6CN(CC(=O)N(C)C)CCO6)CC[C@@]56C[C@@]46CC[C@]23C)O1)C(C)(C)O. The molecule has 7 rings (SSSR count). The molecular weight excluding hydrogens is 604 g/mol. The molecule has 1 amide bonds. The highest BCUT2D eigenvalue weighted by Gasteiger charge is 2.80. The first kappa shape index (κ1) is 38.5. The van der Waals surface area contributed by atoms with Crippen LogP contribution in [-0.4, -0.2) is 104 Å². The Hall–Kier alpha value is -0.770. The molecule has 0 aromatic carbocycles. The molecule has 7 aliphatic rings. The lowest BCUT2D eigenvalue weighted by molar-refractivity contribution is -0.245. The molecule has 2 spiro atoms. The van der Waals surface area contributed by atoms with Gasteiger partial charge in [-0.25, -0.2) is 0 Å². The van der Waals surface area contributed by atoms with Crippen molar-refractivity contribution in [1.29, 1.82) is 0 Å². The number of rotatable bonds is 8. The van der Waals surface area contributed by atoms with E-state index in [0.29, 0.717) is 60.5 Å². The third kappa shape index (κ3) is 5.92. The Labute approximate surface area is 293 Å². The molecular formula is C40H72N2O6. The highest BCUT2D eigenvalue weighted by molar-refractivity contribution is 5.77. The topological polar surface area (TPSA) is 80.7 Å². The number of carbonyl (C=O) groups is 1. The number of hydrogen-bond acceptors (Lipinski definition) is 7. The van der Waals surface area contributed by atoms with Crippen molar-refractivity contribution in [2.75, 3.05) is 46.9 Å². The summed E-state index contributed by atoms with van der Waals surface area (Å²) in [7, 11) is 3.65. The molecule has 0 aromatic rings. The van der Waals surface area contributed by atoms with Crippen LogP contribution in [0.15, 0.2) is 0 Å². The van der Waals surface area contributed by atoms with Gasteiger partial charge >= 0.3 is 0 Å². The predicted molar refractivity (Wildman–Crippen MR) is 190 cm³/mol. The summed E-state index contributed by atoms with van der Waals surface area (Å²) in [5, 5.41) is 10.9. The molecule has 5 aliphatic carbocycles. The lowest BCUT2D eigenvalue weighted by Crippen LogP contribution is -2.56. The average Bonchev–Trinajstić information content (AvgIpc) is 3.56. The zero-order valence-electron chi connectivity index (χ0n) is 30.2. The van der Waals surface area contributed by atoms with Crippen molar-refractivity contribution in [1.82, 2.24) is 9.80 Å². The Kier molecular flexibility index (Phi) is 10.7. The molecule has 48 heavy (non-hydrogen) atoms. The fourth-order valence-electron chi connectivity index (χ4n) is 13.1. The largest absolute Gasteiger partial charge is 0.388 e. The van der Waals surface area contributed by atoms with Crippen LogP contribution < -0.4 is 0 Å². The van der Waals surface area contributed by atoms with E-state index in [1.807, 2.05) is 34.9 Å². The van der Waals surface area contributed by atoms with Crippen LogP contribution in [0.4, 0.5) is 0 Å². The second kappa shape index (κ2) is 13.3. The maximum atomic E-state index is 12.4. The number of ether oxygens (including phenoxy) is 4. The molecule has 8 heteroatoms. The molecule has 2 heterocycles. The first-order valence-electron chi connectivity index (χ1n) is 18.9. The van der Waals surface area contributed by atoms with E-state index in [9.17, 15) is 9.90 Å². The van der Waals surface area contributed by atoms with E-state index in [4.69, 9.17) is 18.9 Å². The first-order chi connectivity index (χ1) is 21.7. The maximum Gasteiger partial charge on any atom is 0.236 e. The van der Waals surface area contributed by atoms with Crippen molar-refractivity contribution in [3.05, 3.63) is 0 Å². The van der Waals surface area contributed by atoms with E-state index >= 15 is 0 Å². The molecule has 0 bridgehead atoms. The predicted octanol–water partition coefficient (Wildman–Crippen LogP) is 6.77. The van der Waals surface area contributed by atoms with Crippen LogP contribution in [0.5, 0.6) is 0 Å². The highest BCUT2D eigenvalue weighted by Crippen LogP contribution is 2.87. The average molecular weight is 677 g/mol. The van der Waals surface area contributed by atoms with Gasteiger partial charge in [0.1, 0.15) is 6.10 Å². The molecule has 5 saturated carbocycles. The number of likely N-dealkylation sites (N-methyl/N-ethyl adjacent to an activating group) is 1. The Morgan fingerprint density at radius 3 is 2.42 bits per heavy atom. The molecule has 0 aromatic heterocycles. The first-order valence-corrected chi connectivity index (χ1v) is 18.9. The molecule has 0 radical (unpaired) electrons. The van der Waals surface area contributed by atoms with Crippen molar-refractivity contribution in [3.8, 4) is 0 Å². The molecule has 8 nitrogen and oxygen atoms in total. The van der Waals surface area contributed by atoms with Gasteiger partial charge < -0.3 is 29.0 Å². The summed E-state index contributed by atoms with van der Waals surface area (Å²) in [4.78, 5) is 16.2. The summed E-state index contributed by atoms with van der Waals surface area (Å²) in [5.41, 5.74) is 0.529. The number of amides is 1. The fraction of sp³-hybridized carbons (Fsp3) is 0.975. The molecule has 12 atom stereocenters. The van der Waals surface area contributed by atoms with Crippen molar-refractivity contribution in [2.24, 2.45) is 45.3 Å². The van der Waals surface area contributed by atoms with Crippen molar-refractivity contribution in [2.45, 2.75) is 157 Å². The van der Waals surface area contributed by atoms with Gasteiger partial charge in [0.25, 0.3) is 0 Å². The zero-order chi connectivity index (χ0) is 32.9. The lowest BCUT2D eigenvalue weighted by atomic mass is 9.46. The Bertz CT molecular complexity index is 1160. The number of morpholine rings is 1. The van der Waals surface area contributed by atoms with Crippen molar-refractivity contribution >= 4 is 5.91 Å². The third-order valence-electron chi connectivity index (χ3n) is 15.2. The minimum Gasteiger partial charge on any atom is -0.388 e. The van der Waals surface area contributed by atoms with Crippen molar-refractivity contribution < 1.29 is 28.8 Å². The van der Waals surface area contributed by atoms with E-state index in [1.165, 1.54) is 51.4 Å². The molecule has 2 aliphatic heterocycles. The zero-order valence-corrected chi connectivity index (χ0v) is 30.2.